The Hall–Kier alpha value is -4.05. The molecule has 302 valence electrons. The van der Waals surface area contributed by atoms with Gasteiger partial charge in [-0.05, 0) is 80.4 Å². The topological polar surface area (TPSA) is 147 Å². The molecule has 56 heavy (non-hydrogen) atoms. The van der Waals surface area contributed by atoms with Crippen LogP contribution in [-0.4, -0.2) is 115 Å². The summed E-state index contributed by atoms with van der Waals surface area (Å²) in [6.45, 7) is 9.06. The lowest BCUT2D eigenvalue weighted by Gasteiger charge is -2.31. The molecule has 3 aliphatic rings. The lowest BCUT2D eigenvalue weighted by atomic mass is 10.0. The fourth-order valence-electron chi connectivity index (χ4n) is 8.03. The second-order valence-electron chi connectivity index (χ2n) is 15.6. The monoisotopic (exact) mass is 788 g/mol. The molecule has 3 N–H and O–H groups in total. The van der Waals surface area contributed by atoms with Crippen LogP contribution in [0.25, 0.3) is 11.0 Å². The lowest BCUT2D eigenvalue weighted by Crippen LogP contribution is -2.51. The quantitative estimate of drug-likeness (QED) is 0.127. The summed E-state index contributed by atoms with van der Waals surface area (Å²) in [6, 6.07) is 23.9. The molecule has 0 spiro atoms. The number of rotatable bonds is 18. The maximum Gasteiger partial charge on any atom is 0.407 e. The number of aliphatic hydroxyl groups is 1. The molecule has 5 atom stereocenters. The minimum atomic E-state index is -4.12. The Morgan fingerprint density at radius 2 is 1.71 bits per heavy atom. The van der Waals surface area contributed by atoms with Gasteiger partial charge in [-0.3, -0.25) is 0 Å². The zero-order valence-electron chi connectivity index (χ0n) is 32.5. The number of carbonyl (C=O) groups excluding carboxylic acids is 1. The molecule has 3 fully saturated rings. The number of hydrogen-bond acceptors (Lipinski definition) is 10. The van der Waals surface area contributed by atoms with Gasteiger partial charge in [0.25, 0.3) is 0 Å². The molecule has 0 radical (unpaired) electrons. The van der Waals surface area contributed by atoms with Crippen molar-refractivity contribution in [3.63, 3.8) is 0 Å². The van der Waals surface area contributed by atoms with E-state index in [-0.39, 0.29) is 49.1 Å². The highest BCUT2D eigenvalue weighted by Gasteiger charge is 2.44. The maximum atomic E-state index is 14.6. The summed E-state index contributed by atoms with van der Waals surface area (Å²) < 4.78 is 49.7. The first-order valence-corrected chi connectivity index (χ1v) is 21.5. The van der Waals surface area contributed by atoms with Crippen molar-refractivity contribution in [1.29, 1.82) is 0 Å². The van der Waals surface area contributed by atoms with E-state index in [0.29, 0.717) is 30.1 Å². The Morgan fingerprint density at radius 3 is 2.45 bits per heavy atom. The summed E-state index contributed by atoms with van der Waals surface area (Å²) in [6.07, 6.45) is 1.40. The van der Waals surface area contributed by atoms with Crippen molar-refractivity contribution < 1.29 is 32.5 Å². The van der Waals surface area contributed by atoms with Crippen LogP contribution >= 0.6 is 0 Å². The van der Waals surface area contributed by atoms with Crippen LogP contribution in [-0.2, 0) is 43.6 Å². The number of anilines is 1. The number of sulfonamides is 1. The number of nitrogens with zero attached hydrogens (tertiary/aromatic N) is 4. The molecule has 0 saturated carbocycles. The standard InChI is InChI=1S/C42H56N6O7S/c1-30(2)27-47(28-38(49)36(25-32-13-7-4-8-14-32)45-42(50)55-39-29-54-40-34(39)18-24-53-40)56(51,52)33-15-16-35-37(26-33)48(22-17-31-11-5-3-6-12-31)41(44-35)43-19-23-46-20-9-10-21-46/h3-8,11-16,26,30,34,36,38-40,49H,9-10,17-25,27-29H2,1-2H3,(H,43,44)(H,45,50)/t34-,36-,38+,39-,40+/m0/s1. The number of alkyl carbamates (subject to hydrolysis) is 1. The highest BCUT2D eigenvalue weighted by Crippen LogP contribution is 2.33. The van der Waals surface area contributed by atoms with E-state index in [0.717, 1.165) is 44.6 Å². The number of hydrogen-bond donors (Lipinski definition) is 3. The van der Waals surface area contributed by atoms with Crippen molar-refractivity contribution in [3.05, 3.63) is 90.0 Å². The van der Waals surface area contributed by atoms with Gasteiger partial charge in [0.2, 0.25) is 16.0 Å². The summed E-state index contributed by atoms with van der Waals surface area (Å²) in [5, 5.41) is 18.2. The molecule has 1 amide bonds. The molecular weight excluding hydrogens is 733 g/mol. The number of aryl methyl sites for hydroxylation is 2. The van der Waals surface area contributed by atoms with E-state index in [2.05, 4.69) is 32.2 Å². The van der Waals surface area contributed by atoms with E-state index in [1.54, 1.807) is 18.2 Å². The number of nitrogens with one attached hydrogen (secondary N) is 2. The van der Waals surface area contributed by atoms with Gasteiger partial charge in [-0.2, -0.15) is 4.31 Å². The summed E-state index contributed by atoms with van der Waals surface area (Å²) in [5.41, 5.74) is 3.47. The molecule has 7 rings (SSSR count). The summed E-state index contributed by atoms with van der Waals surface area (Å²) in [4.78, 5) is 20.8. The van der Waals surface area contributed by atoms with Crippen LogP contribution < -0.4 is 10.6 Å². The maximum absolute atomic E-state index is 14.6. The Bertz CT molecular complexity index is 1990. The molecule has 13 nitrogen and oxygen atoms in total. The molecular formula is C42H56N6O7S. The predicted octanol–water partition coefficient (Wildman–Crippen LogP) is 4.89. The molecule has 0 unspecified atom stereocenters. The Labute approximate surface area is 330 Å². The van der Waals surface area contributed by atoms with Gasteiger partial charge in [-0.1, -0.05) is 74.5 Å². The zero-order chi connectivity index (χ0) is 39.1. The number of ether oxygens (including phenoxy) is 3. The normalized spacial score (nSPS) is 21.1. The van der Waals surface area contributed by atoms with Gasteiger partial charge < -0.3 is 39.4 Å². The Kier molecular flexibility index (Phi) is 13.2. The third kappa shape index (κ3) is 9.90. The van der Waals surface area contributed by atoms with E-state index in [1.807, 2.05) is 62.4 Å². The molecule has 1 aromatic heterocycles. The lowest BCUT2D eigenvalue weighted by molar-refractivity contribution is -0.0907. The first-order chi connectivity index (χ1) is 27.1. The minimum absolute atomic E-state index is 0.0429. The van der Waals surface area contributed by atoms with E-state index in [9.17, 15) is 18.3 Å². The van der Waals surface area contributed by atoms with Crippen LogP contribution in [0, 0.1) is 11.8 Å². The minimum Gasteiger partial charge on any atom is -0.443 e. The zero-order valence-corrected chi connectivity index (χ0v) is 33.3. The molecule has 3 saturated heterocycles. The third-order valence-corrected chi connectivity index (χ3v) is 12.8. The van der Waals surface area contributed by atoms with Gasteiger partial charge in [0.1, 0.15) is 6.10 Å². The second-order valence-corrected chi connectivity index (χ2v) is 17.6. The Morgan fingerprint density at radius 1 is 0.982 bits per heavy atom. The highest BCUT2D eigenvalue weighted by atomic mass is 32.2. The summed E-state index contributed by atoms with van der Waals surface area (Å²) in [7, 11) is -4.12. The average Bonchev–Trinajstić information content (AvgIpc) is 4.01. The van der Waals surface area contributed by atoms with E-state index in [4.69, 9.17) is 19.2 Å². The summed E-state index contributed by atoms with van der Waals surface area (Å²) >= 11 is 0. The van der Waals surface area contributed by atoms with Gasteiger partial charge in [-0.15, -0.1) is 0 Å². The van der Waals surface area contributed by atoms with Crippen LogP contribution in [0.3, 0.4) is 0 Å². The number of amides is 1. The second kappa shape index (κ2) is 18.5. The van der Waals surface area contributed by atoms with E-state index < -0.39 is 34.4 Å². The van der Waals surface area contributed by atoms with Crippen molar-refractivity contribution in [2.75, 3.05) is 57.8 Å². The van der Waals surface area contributed by atoms with Crippen molar-refractivity contribution in [2.24, 2.45) is 11.8 Å². The van der Waals surface area contributed by atoms with Crippen LogP contribution in [0.4, 0.5) is 10.7 Å². The number of aromatic nitrogens is 2. The number of benzene rings is 3. The number of aliphatic hydroxyl groups excluding tert-OH is 1. The highest BCUT2D eigenvalue weighted by molar-refractivity contribution is 7.89. The van der Waals surface area contributed by atoms with Crippen LogP contribution in [0.15, 0.2) is 83.8 Å². The fourth-order valence-corrected chi connectivity index (χ4v) is 9.67. The smallest absolute Gasteiger partial charge is 0.407 e. The van der Waals surface area contributed by atoms with Gasteiger partial charge in [0, 0.05) is 32.7 Å². The molecule has 14 heteroatoms. The van der Waals surface area contributed by atoms with Crippen LogP contribution in [0.2, 0.25) is 0 Å². The van der Waals surface area contributed by atoms with E-state index >= 15 is 0 Å². The molecule has 0 bridgehead atoms. The van der Waals surface area contributed by atoms with Crippen molar-refractivity contribution >= 4 is 33.1 Å². The summed E-state index contributed by atoms with van der Waals surface area (Å²) in [5.74, 6) is 0.623. The SMILES string of the molecule is CC(C)CN(C[C@@H](O)[C@H](Cc1ccccc1)NC(=O)O[C@H]1CO[C@H]2OCC[C@H]21)S(=O)(=O)c1ccc2nc(NCCN3CCCC3)n(CCc3ccccc3)c2c1. The third-order valence-electron chi connectivity index (χ3n) is 11.0. The molecule has 3 aromatic carbocycles. The first kappa shape index (κ1) is 40.2. The van der Waals surface area contributed by atoms with Crippen LogP contribution in [0.1, 0.15) is 44.2 Å². The number of imidazole rings is 1. The molecule has 4 heterocycles. The van der Waals surface area contributed by atoms with Gasteiger partial charge in [0.05, 0.1) is 47.2 Å². The van der Waals surface area contributed by atoms with Crippen molar-refractivity contribution in [2.45, 2.75) is 81.9 Å². The molecule has 0 aliphatic carbocycles. The largest absolute Gasteiger partial charge is 0.443 e. The van der Waals surface area contributed by atoms with Gasteiger partial charge in [-0.25, -0.2) is 18.2 Å². The predicted molar refractivity (Wildman–Crippen MR) is 215 cm³/mol. The average molecular weight is 789 g/mol. The number of likely N-dealkylation sites (tertiary alicyclic amines) is 1. The van der Waals surface area contributed by atoms with Gasteiger partial charge >= 0.3 is 6.09 Å². The molecule has 4 aromatic rings. The number of carbonyl (C=O) groups is 1. The Balaban J connectivity index is 1.12. The van der Waals surface area contributed by atoms with Crippen molar-refractivity contribution in [3.8, 4) is 0 Å². The van der Waals surface area contributed by atoms with Crippen molar-refractivity contribution in [1.82, 2.24) is 24.1 Å². The van der Waals surface area contributed by atoms with E-state index in [1.165, 1.54) is 22.7 Å². The first-order valence-electron chi connectivity index (χ1n) is 20.1. The van der Waals surface area contributed by atoms with Gasteiger partial charge in [0.15, 0.2) is 6.29 Å². The van der Waals surface area contributed by atoms with Crippen LogP contribution in [0.5, 0.6) is 0 Å². The number of fused-ring (bicyclic) bond motifs is 2. The molecule has 3 aliphatic heterocycles. The fraction of sp³-hybridized carbons (Fsp3) is 0.524.